The molecule has 2 rings (SSSR count). The molecule has 2 aromatic carbocycles. The van der Waals surface area contributed by atoms with E-state index in [1.54, 1.807) is 0 Å². The van der Waals surface area contributed by atoms with E-state index in [4.69, 9.17) is 5.73 Å². The average molecular weight is 239 g/mol. The van der Waals surface area contributed by atoms with Gasteiger partial charge in [0.2, 0.25) is 0 Å². The zero-order valence-corrected chi connectivity index (χ0v) is 10.7. The van der Waals surface area contributed by atoms with E-state index in [0.29, 0.717) is 5.92 Å². The molecule has 0 saturated carbocycles. The van der Waals surface area contributed by atoms with Gasteiger partial charge in [-0.2, -0.15) is 10.2 Å². The second-order valence-corrected chi connectivity index (χ2v) is 4.54. The van der Waals surface area contributed by atoms with Crippen LogP contribution in [0.15, 0.2) is 58.8 Å². The smallest absolute Gasteiger partial charge is 0.0858 e. The van der Waals surface area contributed by atoms with E-state index in [1.807, 2.05) is 36.4 Å². The maximum atomic E-state index is 5.61. The molecular weight excluding hydrogens is 222 g/mol. The fourth-order valence-corrected chi connectivity index (χ4v) is 1.58. The molecule has 0 saturated heterocycles. The maximum Gasteiger partial charge on any atom is 0.0858 e. The van der Waals surface area contributed by atoms with Crippen molar-refractivity contribution in [1.82, 2.24) is 0 Å². The lowest BCUT2D eigenvalue weighted by molar-refractivity contribution is 0.866. The van der Waals surface area contributed by atoms with Gasteiger partial charge in [-0.1, -0.05) is 26.0 Å². The third kappa shape index (κ3) is 3.17. The number of azo groups is 1. The predicted octanol–water partition coefficient (Wildman–Crippen LogP) is 4.81. The standard InChI is InChI=1S/C15H17N3/c1-11(2)12-3-7-14(8-4-12)17-18-15-9-5-13(16)6-10-15/h3-11H,16H2,1-2H3/b18-17+. The van der Waals surface area contributed by atoms with Gasteiger partial charge >= 0.3 is 0 Å². The quantitative estimate of drug-likeness (QED) is 0.606. The van der Waals surface area contributed by atoms with Crippen LogP contribution in [0, 0.1) is 0 Å². The summed E-state index contributed by atoms with van der Waals surface area (Å²) in [6.45, 7) is 4.34. The average Bonchev–Trinajstić information content (AvgIpc) is 2.38. The third-order valence-corrected chi connectivity index (χ3v) is 2.73. The second-order valence-electron chi connectivity index (χ2n) is 4.54. The first-order valence-electron chi connectivity index (χ1n) is 6.02. The van der Waals surface area contributed by atoms with Gasteiger partial charge in [-0.05, 0) is 47.9 Å². The number of nitrogen functional groups attached to an aromatic ring is 1. The van der Waals surface area contributed by atoms with Gasteiger partial charge in [-0.3, -0.25) is 0 Å². The molecule has 18 heavy (non-hydrogen) atoms. The van der Waals surface area contributed by atoms with E-state index < -0.39 is 0 Å². The molecule has 0 atom stereocenters. The van der Waals surface area contributed by atoms with Crippen molar-refractivity contribution >= 4 is 17.1 Å². The Hall–Kier alpha value is -2.16. The molecule has 0 heterocycles. The number of nitrogens with zero attached hydrogens (tertiary/aromatic N) is 2. The largest absolute Gasteiger partial charge is 0.399 e. The number of hydrogen-bond donors (Lipinski definition) is 1. The highest BCUT2D eigenvalue weighted by Gasteiger charge is 1.98. The van der Waals surface area contributed by atoms with E-state index in [2.05, 4.69) is 36.2 Å². The van der Waals surface area contributed by atoms with Gasteiger partial charge in [0.1, 0.15) is 0 Å². The minimum Gasteiger partial charge on any atom is -0.399 e. The van der Waals surface area contributed by atoms with Gasteiger partial charge in [0.25, 0.3) is 0 Å². The Labute approximate surface area is 107 Å². The molecule has 0 amide bonds. The van der Waals surface area contributed by atoms with Crippen molar-refractivity contribution in [3.63, 3.8) is 0 Å². The summed E-state index contributed by atoms with van der Waals surface area (Å²) in [5, 5.41) is 8.35. The fraction of sp³-hybridized carbons (Fsp3) is 0.200. The van der Waals surface area contributed by atoms with Gasteiger partial charge in [0, 0.05) is 5.69 Å². The van der Waals surface area contributed by atoms with Crippen LogP contribution in [-0.4, -0.2) is 0 Å². The molecule has 0 aliphatic rings. The van der Waals surface area contributed by atoms with Crippen LogP contribution in [0.1, 0.15) is 25.3 Å². The van der Waals surface area contributed by atoms with Crippen LogP contribution < -0.4 is 5.73 Å². The van der Waals surface area contributed by atoms with Gasteiger partial charge in [0.15, 0.2) is 0 Å². The normalized spacial score (nSPS) is 11.3. The lowest BCUT2D eigenvalue weighted by Crippen LogP contribution is -1.84. The topological polar surface area (TPSA) is 50.7 Å². The molecular formula is C15H17N3. The van der Waals surface area contributed by atoms with Crippen molar-refractivity contribution < 1.29 is 0 Å². The first kappa shape index (κ1) is 12.3. The first-order chi connectivity index (χ1) is 8.65. The van der Waals surface area contributed by atoms with Gasteiger partial charge < -0.3 is 5.73 Å². The van der Waals surface area contributed by atoms with Crippen molar-refractivity contribution in [3.8, 4) is 0 Å². The van der Waals surface area contributed by atoms with Crippen molar-refractivity contribution in [2.24, 2.45) is 10.2 Å². The SMILES string of the molecule is CC(C)c1ccc(/N=N/c2ccc(N)cc2)cc1. The number of rotatable bonds is 3. The van der Waals surface area contributed by atoms with Crippen LogP contribution >= 0.6 is 0 Å². The van der Waals surface area contributed by atoms with Crippen LogP contribution in [0.2, 0.25) is 0 Å². The Kier molecular flexibility index (Phi) is 3.72. The number of hydrogen-bond acceptors (Lipinski definition) is 3. The van der Waals surface area contributed by atoms with Gasteiger partial charge in [0.05, 0.1) is 11.4 Å². The number of benzene rings is 2. The number of nitrogens with two attached hydrogens (primary N) is 1. The summed E-state index contributed by atoms with van der Waals surface area (Å²) in [4.78, 5) is 0. The third-order valence-electron chi connectivity index (χ3n) is 2.73. The molecule has 3 nitrogen and oxygen atoms in total. The van der Waals surface area contributed by atoms with Crippen molar-refractivity contribution in [1.29, 1.82) is 0 Å². The minimum atomic E-state index is 0.535. The van der Waals surface area contributed by atoms with E-state index in [0.717, 1.165) is 17.1 Å². The second kappa shape index (κ2) is 5.45. The molecule has 0 fully saturated rings. The molecule has 0 spiro atoms. The zero-order valence-electron chi connectivity index (χ0n) is 10.7. The molecule has 0 radical (unpaired) electrons. The first-order valence-corrected chi connectivity index (χ1v) is 6.02. The van der Waals surface area contributed by atoms with E-state index in [1.165, 1.54) is 5.56 Å². The molecule has 3 heteroatoms. The lowest BCUT2D eigenvalue weighted by atomic mass is 10.0. The summed E-state index contributed by atoms with van der Waals surface area (Å²) < 4.78 is 0. The van der Waals surface area contributed by atoms with Gasteiger partial charge in [-0.15, -0.1) is 0 Å². The minimum absolute atomic E-state index is 0.535. The zero-order chi connectivity index (χ0) is 13.0. The highest BCUT2D eigenvalue weighted by Crippen LogP contribution is 2.21. The van der Waals surface area contributed by atoms with Crippen molar-refractivity contribution in [3.05, 3.63) is 54.1 Å². The predicted molar refractivity (Wildman–Crippen MR) is 75.6 cm³/mol. The molecule has 2 aromatic rings. The molecule has 0 aliphatic carbocycles. The molecule has 0 aliphatic heterocycles. The Morgan fingerprint density at radius 3 is 1.67 bits per heavy atom. The van der Waals surface area contributed by atoms with Gasteiger partial charge in [-0.25, -0.2) is 0 Å². The van der Waals surface area contributed by atoms with Crippen LogP contribution in [0.4, 0.5) is 17.1 Å². The van der Waals surface area contributed by atoms with Crippen LogP contribution in [0.3, 0.4) is 0 Å². The maximum absolute atomic E-state index is 5.61. The summed E-state index contributed by atoms with van der Waals surface area (Å²) in [5.74, 6) is 0.535. The van der Waals surface area contributed by atoms with Crippen LogP contribution in [-0.2, 0) is 0 Å². The summed E-state index contributed by atoms with van der Waals surface area (Å²) >= 11 is 0. The molecule has 0 unspecified atom stereocenters. The summed E-state index contributed by atoms with van der Waals surface area (Å²) in [5.41, 5.74) is 9.31. The monoisotopic (exact) mass is 239 g/mol. The Morgan fingerprint density at radius 1 is 0.778 bits per heavy atom. The fourth-order valence-electron chi connectivity index (χ4n) is 1.58. The highest BCUT2D eigenvalue weighted by molar-refractivity contribution is 5.48. The summed E-state index contributed by atoms with van der Waals surface area (Å²) in [7, 11) is 0. The highest BCUT2D eigenvalue weighted by atomic mass is 15.1. The summed E-state index contributed by atoms with van der Waals surface area (Å²) in [6, 6.07) is 15.5. The molecule has 2 N–H and O–H groups in total. The van der Waals surface area contributed by atoms with Crippen molar-refractivity contribution in [2.45, 2.75) is 19.8 Å². The van der Waals surface area contributed by atoms with Crippen molar-refractivity contribution in [2.75, 3.05) is 5.73 Å². The molecule has 0 bridgehead atoms. The summed E-state index contributed by atoms with van der Waals surface area (Å²) in [6.07, 6.45) is 0. The van der Waals surface area contributed by atoms with Crippen LogP contribution in [0.25, 0.3) is 0 Å². The van der Waals surface area contributed by atoms with Crippen LogP contribution in [0.5, 0.6) is 0 Å². The molecule has 92 valence electrons. The van der Waals surface area contributed by atoms with E-state index in [9.17, 15) is 0 Å². The lowest BCUT2D eigenvalue weighted by Gasteiger charge is -2.03. The number of anilines is 1. The Bertz CT molecular complexity index is 525. The van der Waals surface area contributed by atoms with E-state index >= 15 is 0 Å². The Balaban J connectivity index is 2.11. The van der Waals surface area contributed by atoms with E-state index in [-0.39, 0.29) is 0 Å². The molecule has 0 aromatic heterocycles. The Morgan fingerprint density at radius 2 is 1.22 bits per heavy atom.